The minimum absolute atomic E-state index is 0. The number of hydrogen-bond donors (Lipinski definition) is 2. The van der Waals surface area contributed by atoms with Crippen molar-refractivity contribution in [2.75, 3.05) is 6.54 Å². The molecule has 2 aliphatic rings. The number of carboxylic acid groups (broad SMARTS) is 1. The zero-order valence-electron chi connectivity index (χ0n) is 7.58. The van der Waals surface area contributed by atoms with Gasteiger partial charge in [-0.3, -0.25) is 4.79 Å². The van der Waals surface area contributed by atoms with Crippen LogP contribution in [0.1, 0.15) is 32.1 Å². The summed E-state index contributed by atoms with van der Waals surface area (Å²) in [5.74, 6) is -0.586. The molecule has 0 bridgehead atoms. The Morgan fingerprint density at radius 3 is 2.77 bits per heavy atom. The second kappa shape index (κ2) is 3.84. The summed E-state index contributed by atoms with van der Waals surface area (Å²) in [7, 11) is 0. The van der Waals surface area contributed by atoms with Crippen LogP contribution in [-0.2, 0) is 4.79 Å². The van der Waals surface area contributed by atoms with Crippen molar-refractivity contribution in [2.24, 2.45) is 5.41 Å². The second-order valence-electron chi connectivity index (χ2n) is 3.96. The third kappa shape index (κ3) is 1.55. The van der Waals surface area contributed by atoms with Crippen LogP contribution in [-0.4, -0.2) is 23.7 Å². The molecule has 0 aromatic rings. The highest BCUT2D eigenvalue weighted by Gasteiger charge is 2.49. The highest BCUT2D eigenvalue weighted by Crippen LogP contribution is 2.42. The molecule has 2 fully saturated rings. The van der Waals surface area contributed by atoms with Crippen LogP contribution in [0.5, 0.6) is 0 Å². The van der Waals surface area contributed by atoms with Crippen LogP contribution in [0.2, 0.25) is 0 Å². The van der Waals surface area contributed by atoms with Crippen LogP contribution < -0.4 is 5.32 Å². The summed E-state index contributed by atoms with van der Waals surface area (Å²) in [5, 5.41) is 12.5. The van der Waals surface area contributed by atoms with E-state index >= 15 is 0 Å². The molecule has 2 unspecified atom stereocenters. The van der Waals surface area contributed by atoms with E-state index in [-0.39, 0.29) is 18.4 Å². The molecule has 2 N–H and O–H groups in total. The van der Waals surface area contributed by atoms with Gasteiger partial charge in [0.15, 0.2) is 0 Å². The smallest absolute Gasteiger partial charge is 0.311 e. The second-order valence-corrected chi connectivity index (χ2v) is 3.96. The molecule has 1 aliphatic carbocycles. The first-order valence-corrected chi connectivity index (χ1v) is 4.72. The molecule has 1 heterocycles. The SMILES string of the molecule is Cl.O=C(O)C12CCCCC1NCC2. The first kappa shape index (κ1) is 10.8. The van der Waals surface area contributed by atoms with Crippen molar-refractivity contribution in [3.63, 3.8) is 0 Å². The lowest BCUT2D eigenvalue weighted by Crippen LogP contribution is -2.44. The number of aliphatic carboxylic acids is 1. The summed E-state index contributed by atoms with van der Waals surface area (Å²) in [6, 6.07) is 0.253. The molecular weight excluding hydrogens is 190 g/mol. The predicted octanol–water partition coefficient (Wildman–Crippen LogP) is 1.42. The summed E-state index contributed by atoms with van der Waals surface area (Å²) >= 11 is 0. The molecule has 13 heavy (non-hydrogen) atoms. The van der Waals surface area contributed by atoms with Gasteiger partial charge in [-0.2, -0.15) is 0 Å². The Balaban J connectivity index is 0.000000845. The van der Waals surface area contributed by atoms with E-state index in [1.807, 2.05) is 0 Å². The number of carbonyl (C=O) groups is 1. The lowest BCUT2D eigenvalue weighted by Gasteiger charge is -2.34. The molecule has 4 heteroatoms. The predicted molar refractivity (Wildman–Crippen MR) is 52.2 cm³/mol. The van der Waals surface area contributed by atoms with Gasteiger partial charge >= 0.3 is 5.97 Å². The van der Waals surface area contributed by atoms with Crippen molar-refractivity contribution in [1.29, 1.82) is 0 Å². The van der Waals surface area contributed by atoms with Gasteiger partial charge < -0.3 is 10.4 Å². The Hall–Kier alpha value is -0.280. The van der Waals surface area contributed by atoms with E-state index in [4.69, 9.17) is 5.11 Å². The van der Waals surface area contributed by atoms with E-state index in [9.17, 15) is 4.79 Å². The first-order chi connectivity index (χ1) is 5.76. The summed E-state index contributed by atoms with van der Waals surface area (Å²) in [5.41, 5.74) is -0.405. The number of rotatable bonds is 1. The van der Waals surface area contributed by atoms with Crippen LogP contribution >= 0.6 is 12.4 Å². The molecule has 0 aromatic heterocycles. The maximum atomic E-state index is 11.1. The van der Waals surface area contributed by atoms with Gasteiger partial charge in [0, 0.05) is 6.04 Å². The number of halogens is 1. The van der Waals surface area contributed by atoms with Gasteiger partial charge in [0.05, 0.1) is 5.41 Å². The van der Waals surface area contributed by atoms with Crippen molar-refractivity contribution < 1.29 is 9.90 Å². The topological polar surface area (TPSA) is 49.3 Å². The quantitative estimate of drug-likeness (QED) is 0.681. The summed E-state index contributed by atoms with van der Waals surface area (Å²) < 4.78 is 0. The van der Waals surface area contributed by atoms with Crippen LogP contribution in [0.3, 0.4) is 0 Å². The third-order valence-electron chi connectivity index (χ3n) is 3.42. The first-order valence-electron chi connectivity index (χ1n) is 4.72. The van der Waals surface area contributed by atoms with E-state index in [1.54, 1.807) is 0 Å². The molecule has 2 rings (SSSR count). The zero-order chi connectivity index (χ0) is 8.60. The molecule has 0 spiro atoms. The van der Waals surface area contributed by atoms with Gasteiger partial charge in [0.25, 0.3) is 0 Å². The maximum absolute atomic E-state index is 11.1. The highest BCUT2D eigenvalue weighted by atomic mass is 35.5. The van der Waals surface area contributed by atoms with Crippen molar-refractivity contribution in [1.82, 2.24) is 5.32 Å². The van der Waals surface area contributed by atoms with Crippen molar-refractivity contribution >= 4 is 18.4 Å². The minimum Gasteiger partial charge on any atom is -0.481 e. The minimum atomic E-state index is -0.586. The summed E-state index contributed by atoms with van der Waals surface area (Å²) in [6.45, 7) is 0.886. The fourth-order valence-electron chi connectivity index (χ4n) is 2.67. The van der Waals surface area contributed by atoms with Crippen molar-refractivity contribution in [3.05, 3.63) is 0 Å². The average Bonchev–Trinajstić information content (AvgIpc) is 2.48. The van der Waals surface area contributed by atoms with E-state index in [0.29, 0.717) is 0 Å². The van der Waals surface area contributed by atoms with E-state index in [0.717, 1.165) is 32.2 Å². The Morgan fingerprint density at radius 2 is 2.15 bits per heavy atom. The molecule has 0 radical (unpaired) electrons. The maximum Gasteiger partial charge on any atom is 0.311 e. The van der Waals surface area contributed by atoms with E-state index < -0.39 is 11.4 Å². The van der Waals surface area contributed by atoms with Crippen LogP contribution in [0.4, 0.5) is 0 Å². The van der Waals surface area contributed by atoms with Crippen LogP contribution in [0, 0.1) is 5.41 Å². The Labute approximate surface area is 84.3 Å². The van der Waals surface area contributed by atoms with Crippen molar-refractivity contribution in [2.45, 2.75) is 38.1 Å². The summed E-state index contributed by atoms with van der Waals surface area (Å²) in [6.07, 6.45) is 5.02. The van der Waals surface area contributed by atoms with Gasteiger partial charge in [0.2, 0.25) is 0 Å². The van der Waals surface area contributed by atoms with Crippen LogP contribution in [0.15, 0.2) is 0 Å². The monoisotopic (exact) mass is 205 g/mol. The zero-order valence-corrected chi connectivity index (χ0v) is 8.40. The molecule has 1 saturated heterocycles. The average molecular weight is 206 g/mol. The lowest BCUT2D eigenvalue weighted by atomic mass is 9.71. The van der Waals surface area contributed by atoms with E-state index in [1.165, 1.54) is 6.42 Å². The molecule has 1 aliphatic heterocycles. The van der Waals surface area contributed by atoms with Gasteiger partial charge in [-0.1, -0.05) is 12.8 Å². The Kier molecular flexibility index (Phi) is 3.19. The fraction of sp³-hybridized carbons (Fsp3) is 0.889. The van der Waals surface area contributed by atoms with Crippen molar-refractivity contribution in [3.8, 4) is 0 Å². The molecule has 1 saturated carbocycles. The normalized spacial score (nSPS) is 37.7. The number of nitrogens with one attached hydrogen (secondary N) is 1. The molecule has 0 aromatic carbocycles. The van der Waals surface area contributed by atoms with Gasteiger partial charge in [-0.15, -0.1) is 12.4 Å². The van der Waals surface area contributed by atoms with Gasteiger partial charge in [0.1, 0.15) is 0 Å². The molecule has 3 nitrogen and oxygen atoms in total. The Morgan fingerprint density at radius 1 is 1.38 bits per heavy atom. The van der Waals surface area contributed by atoms with Gasteiger partial charge in [-0.05, 0) is 25.8 Å². The third-order valence-corrected chi connectivity index (χ3v) is 3.42. The fourth-order valence-corrected chi connectivity index (χ4v) is 2.67. The molecular formula is C9H16ClNO2. The number of hydrogen-bond acceptors (Lipinski definition) is 2. The highest BCUT2D eigenvalue weighted by molar-refractivity contribution is 5.85. The Bertz CT molecular complexity index is 210. The number of fused-ring (bicyclic) bond motifs is 1. The standard InChI is InChI=1S/C9H15NO2.ClH/c11-8(12)9-4-2-1-3-7(9)10-6-5-9;/h7,10H,1-6H2,(H,11,12);1H. The van der Waals surface area contributed by atoms with Gasteiger partial charge in [-0.25, -0.2) is 0 Å². The lowest BCUT2D eigenvalue weighted by molar-refractivity contribution is -0.151. The summed E-state index contributed by atoms with van der Waals surface area (Å²) in [4.78, 5) is 11.1. The van der Waals surface area contributed by atoms with E-state index in [2.05, 4.69) is 5.32 Å². The molecule has 2 atom stereocenters. The molecule has 76 valence electrons. The number of carboxylic acids is 1. The van der Waals surface area contributed by atoms with Crippen LogP contribution in [0.25, 0.3) is 0 Å². The largest absolute Gasteiger partial charge is 0.481 e. The molecule has 0 amide bonds.